The van der Waals surface area contributed by atoms with E-state index in [4.69, 9.17) is 0 Å². The lowest BCUT2D eigenvalue weighted by molar-refractivity contribution is -0.141. The molecule has 2 unspecified atom stereocenters. The van der Waals surface area contributed by atoms with Gasteiger partial charge in [-0.3, -0.25) is 14.4 Å². The van der Waals surface area contributed by atoms with Crippen LogP contribution in [0, 0.1) is 12.3 Å². The Morgan fingerprint density at radius 1 is 0.833 bits per heavy atom. The van der Waals surface area contributed by atoms with Crippen molar-refractivity contribution < 1.29 is 33.0 Å². The van der Waals surface area contributed by atoms with E-state index in [1.165, 1.54) is 42.5 Å². The average Bonchev–Trinajstić information content (AvgIpc) is 2.86. The van der Waals surface area contributed by atoms with E-state index >= 15 is 0 Å². The molecule has 10 heteroatoms. The molecule has 0 saturated heterocycles. The number of ketones is 1. The zero-order chi connectivity index (χ0) is 26.1. The number of benzene rings is 3. The molecular weight excluding hydrogens is 484 g/mol. The van der Waals surface area contributed by atoms with Crippen LogP contribution < -0.4 is 10.6 Å². The number of fused-ring (bicyclic) bond motifs is 1. The Kier molecular flexibility index (Phi) is 6.77. The van der Waals surface area contributed by atoms with Gasteiger partial charge < -0.3 is 20.8 Å². The molecule has 1 aliphatic heterocycles. The van der Waals surface area contributed by atoms with E-state index in [0.717, 1.165) is 0 Å². The second-order valence-electron chi connectivity index (χ2n) is 8.64. The highest BCUT2D eigenvalue weighted by atomic mass is 32.2. The van der Waals surface area contributed by atoms with Gasteiger partial charge in [-0.05, 0) is 48.9 Å². The lowest BCUT2D eigenvalue weighted by Crippen LogP contribution is -2.63. The number of hydrogen-bond acceptors (Lipinski definition) is 7. The maximum absolute atomic E-state index is 13.8. The van der Waals surface area contributed by atoms with Crippen LogP contribution in [0.1, 0.15) is 15.9 Å². The minimum absolute atomic E-state index is 0.266. The summed E-state index contributed by atoms with van der Waals surface area (Å²) < 4.78 is 26.6. The first kappa shape index (κ1) is 25.2. The van der Waals surface area contributed by atoms with Crippen molar-refractivity contribution in [1.82, 2.24) is 0 Å². The second-order valence-corrected chi connectivity index (χ2v) is 10.6. The summed E-state index contributed by atoms with van der Waals surface area (Å²) in [5, 5.41) is 27.2. The number of amides is 2. The molecule has 4 rings (SSSR count). The molecule has 0 spiro atoms. The Bertz CT molecular complexity index is 1360. The van der Waals surface area contributed by atoms with E-state index in [1.54, 1.807) is 43.3 Å². The van der Waals surface area contributed by atoms with E-state index in [2.05, 4.69) is 10.6 Å². The van der Waals surface area contributed by atoms with Crippen LogP contribution in [-0.2, 0) is 19.4 Å². The van der Waals surface area contributed by atoms with E-state index in [9.17, 15) is 33.0 Å². The van der Waals surface area contributed by atoms with Crippen molar-refractivity contribution in [3.63, 3.8) is 0 Å². The predicted molar refractivity (Wildman–Crippen MR) is 132 cm³/mol. The molecule has 0 saturated carbocycles. The third-order valence-electron chi connectivity index (χ3n) is 6.12. The monoisotopic (exact) mass is 508 g/mol. The summed E-state index contributed by atoms with van der Waals surface area (Å²) in [5.41, 5.74) is -1.92. The number of hydrogen-bond donors (Lipinski definition) is 4. The number of aliphatic hydroxyl groups excluding tert-OH is 2. The average molecular weight is 509 g/mol. The summed E-state index contributed by atoms with van der Waals surface area (Å²) >= 11 is 0. The first-order chi connectivity index (χ1) is 17.1. The number of para-hydroxylation sites is 2. The van der Waals surface area contributed by atoms with Gasteiger partial charge in [0.25, 0.3) is 11.8 Å². The van der Waals surface area contributed by atoms with Gasteiger partial charge in [0.15, 0.2) is 15.6 Å². The van der Waals surface area contributed by atoms with Gasteiger partial charge in [-0.15, -0.1) is 0 Å². The van der Waals surface area contributed by atoms with Gasteiger partial charge in [-0.2, -0.15) is 0 Å². The standard InChI is InChI=1S/C26H24N2O7S/c1-16-12-13-19-20(14-16)36(34,35)15-26(21(19)29,22(30)24(32)27-17-8-4-2-5-9-17)23(31)25(33)28-18-10-6-3-7-11-18/h2-14,22-23,30-31H,15H2,1H3,(H,27,32)(H,28,33). The zero-order valence-corrected chi connectivity index (χ0v) is 20.0. The van der Waals surface area contributed by atoms with Crippen LogP contribution in [0.15, 0.2) is 83.8 Å². The van der Waals surface area contributed by atoms with Crippen LogP contribution in [0.4, 0.5) is 11.4 Å². The predicted octanol–water partition coefficient (Wildman–Crippen LogP) is 1.95. The smallest absolute Gasteiger partial charge is 0.254 e. The quantitative estimate of drug-likeness (QED) is 0.397. The summed E-state index contributed by atoms with van der Waals surface area (Å²) in [7, 11) is -4.31. The summed E-state index contributed by atoms with van der Waals surface area (Å²) in [6.07, 6.45) is -4.77. The second kappa shape index (κ2) is 9.65. The molecule has 0 radical (unpaired) electrons. The fourth-order valence-electron chi connectivity index (χ4n) is 4.27. The molecule has 0 aromatic heterocycles. The Morgan fingerprint density at radius 2 is 1.31 bits per heavy atom. The molecule has 9 nitrogen and oxygen atoms in total. The molecule has 1 heterocycles. The molecule has 2 amide bonds. The number of sulfone groups is 1. The first-order valence-electron chi connectivity index (χ1n) is 11.0. The molecule has 4 N–H and O–H groups in total. The number of rotatable bonds is 6. The third-order valence-corrected chi connectivity index (χ3v) is 7.99. The summed E-state index contributed by atoms with van der Waals surface area (Å²) in [5.74, 6) is -4.47. The van der Waals surface area contributed by atoms with Gasteiger partial charge in [0.1, 0.15) is 17.6 Å². The number of anilines is 2. The van der Waals surface area contributed by atoms with E-state index < -0.39 is 50.8 Å². The van der Waals surface area contributed by atoms with Crippen molar-refractivity contribution in [2.75, 3.05) is 16.4 Å². The van der Waals surface area contributed by atoms with Crippen molar-refractivity contribution >= 4 is 38.8 Å². The van der Waals surface area contributed by atoms with Gasteiger partial charge in [-0.1, -0.05) is 42.5 Å². The minimum Gasteiger partial charge on any atom is -0.382 e. The third kappa shape index (κ3) is 4.53. The van der Waals surface area contributed by atoms with E-state index in [1.807, 2.05) is 0 Å². The summed E-state index contributed by atoms with van der Waals surface area (Å²) in [6.45, 7) is 1.65. The molecule has 1 aliphatic rings. The highest BCUT2D eigenvalue weighted by Gasteiger charge is 2.61. The number of carbonyl (C=O) groups is 3. The van der Waals surface area contributed by atoms with Gasteiger partial charge in [0, 0.05) is 16.9 Å². The van der Waals surface area contributed by atoms with Gasteiger partial charge in [0.05, 0.1) is 10.6 Å². The number of carbonyl (C=O) groups excluding carboxylic acids is 3. The first-order valence-corrected chi connectivity index (χ1v) is 12.7. The summed E-state index contributed by atoms with van der Waals surface area (Å²) in [6, 6.07) is 20.0. The highest BCUT2D eigenvalue weighted by molar-refractivity contribution is 7.91. The van der Waals surface area contributed by atoms with Crippen LogP contribution in [0.25, 0.3) is 0 Å². The van der Waals surface area contributed by atoms with Crippen molar-refractivity contribution in [3.05, 3.63) is 90.0 Å². The molecule has 0 aliphatic carbocycles. The maximum Gasteiger partial charge on any atom is 0.254 e. The Balaban J connectivity index is 1.81. The normalized spacial score (nSPS) is 20.0. The molecule has 2 atom stereocenters. The molecule has 0 fully saturated rings. The number of nitrogens with one attached hydrogen (secondary N) is 2. The minimum atomic E-state index is -4.31. The highest BCUT2D eigenvalue weighted by Crippen LogP contribution is 2.42. The fraction of sp³-hybridized carbons (Fsp3) is 0.192. The van der Waals surface area contributed by atoms with Gasteiger partial charge in [-0.25, -0.2) is 8.42 Å². The number of aliphatic hydroxyl groups is 2. The molecule has 0 bridgehead atoms. The van der Waals surface area contributed by atoms with Crippen LogP contribution in [0.5, 0.6) is 0 Å². The Labute approximate surface area is 207 Å². The lowest BCUT2D eigenvalue weighted by Gasteiger charge is -2.41. The molecule has 36 heavy (non-hydrogen) atoms. The van der Waals surface area contributed by atoms with Crippen molar-refractivity contribution in [3.8, 4) is 0 Å². The topological polar surface area (TPSA) is 150 Å². The van der Waals surface area contributed by atoms with Crippen LogP contribution in [0.2, 0.25) is 0 Å². The van der Waals surface area contributed by atoms with Crippen LogP contribution in [-0.4, -0.2) is 54.2 Å². The molecule has 186 valence electrons. The lowest BCUT2D eigenvalue weighted by atomic mass is 9.71. The Morgan fingerprint density at radius 3 is 1.78 bits per heavy atom. The van der Waals surface area contributed by atoms with Gasteiger partial charge in [0.2, 0.25) is 0 Å². The van der Waals surface area contributed by atoms with Crippen molar-refractivity contribution in [2.24, 2.45) is 5.41 Å². The number of Topliss-reactive ketones (excluding diaryl/α,β-unsaturated/α-hetero) is 1. The van der Waals surface area contributed by atoms with Crippen molar-refractivity contribution in [1.29, 1.82) is 0 Å². The fourth-order valence-corrected chi connectivity index (χ4v) is 6.36. The zero-order valence-electron chi connectivity index (χ0n) is 19.2. The van der Waals surface area contributed by atoms with Crippen LogP contribution in [0.3, 0.4) is 0 Å². The number of aryl methyl sites for hydroxylation is 1. The Hall–Kier alpha value is -3.86. The molecular formula is C26H24N2O7S. The molecule has 3 aromatic rings. The van der Waals surface area contributed by atoms with E-state index in [0.29, 0.717) is 5.56 Å². The van der Waals surface area contributed by atoms with Crippen LogP contribution >= 0.6 is 0 Å². The SMILES string of the molecule is Cc1ccc2c(c1)S(=O)(=O)CC(C(O)C(=O)Nc1ccccc1)(C(O)C(=O)Nc1ccccc1)C2=O. The largest absolute Gasteiger partial charge is 0.382 e. The van der Waals surface area contributed by atoms with E-state index in [-0.39, 0.29) is 21.8 Å². The maximum atomic E-state index is 13.8. The van der Waals surface area contributed by atoms with Crippen molar-refractivity contribution in [2.45, 2.75) is 24.0 Å². The van der Waals surface area contributed by atoms with Gasteiger partial charge >= 0.3 is 0 Å². The molecule has 3 aromatic carbocycles. The summed E-state index contributed by atoms with van der Waals surface area (Å²) in [4.78, 5) is 39.7.